The quantitative estimate of drug-likeness (QED) is 0.625. The van der Waals surface area contributed by atoms with Crippen LogP contribution in [-0.4, -0.2) is 26.2 Å². The van der Waals surface area contributed by atoms with Gasteiger partial charge in [0.15, 0.2) is 0 Å². The smallest absolute Gasteiger partial charge is 0.147 e. The molecule has 0 N–H and O–H groups in total. The van der Waals surface area contributed by atoms with E-state index in [2.05, 4.69) is 0 Å². The lowest BCUT2D eigenvalue weighted by Crippen LogP contribution is -2.05. The molecule has 11 heavy (non-hydrogen) atoms. The number of sulfone groups is 1. The highest BCUT2D eigenvalue weighted by molar-refractivity contribution is 7.90. The Hall–Kier alpha value is -0.380. The molecule has 0 radical (unpaired) electrons. The molecule has 0 aliphatic rings. The van der Waals surface area contributed by atoms with Crippen molar-refractivity contribution in [2.75, 3.05) is 12.0 Å². The first-order valence-corrected chi connectivity index (χ1v) is 5.71. The van der Waals surface area contributed by atoms with Crippen molar-refractivity contribution in [1.82, 2.24) is 0 Å². The van der Waals surface area contributed by atoms with Gasteiger partial charge in [0.1, 0.15) is 15.6 Å². The van der Waals surface area contributed by atoms with Crippen LogP contribution in [0.15, 0.2) is 0 Å². The molecule has 66 valence electrons. The van der Waals surface area contributed by atoms with Gasteiger partial charge in [0, 0.05) is 19.1 Å². The maximum absolute atomic E-state index is 10.7. The SMILES string of the molecule is CCC(=O)CCCS(C)(=O)=O. The molecule has 0 heterocycles. The molecule has 0 unspecified atom stereocenters. The zero-order valence-electron chi connectivity index (χ0n) is 6.96. The molecule has 0 rings (SSSR count). The van der Waals surface area contributed by atoms with E-state index >= 15 is 0 Å². The molecule has 0 aliphatic carbocycles. The standard InChI is InChI=1S/C7H14O3S/c1-3-7(8)5-4-6-11(2,9)10/h3-6H2,1-2H3. The van der Waals surface area contributed by atoms with Crippen LogP contribution in [0.5, 0.6) is 0 Å². The third kappa shape index (κ3) is 7.52. The van der Waals surface area contributed by atoms with E-state index in [1.807, 2.05) is 0 Å². The van der Waals surface area contributed by atoms with E-state index in [9.17, 15) is 13.2 Å². The van der Waals surface area contributed by atoms with Gasteiger partial charge in [-0.25, -0.2) is 8.42 Å². The fourth-order valence-corrected chi connectivity index (χ4v) is 1.38. The molecule has 0 atom stereocenters. The summed E-state index contributed by atoms with van der Waals surface area (Å²) >= 11 is 0. The Morgan fingerprint density at radius 3 is 2.27 bits per heavy atom. The molecule has 0 aliphatic heterocycles. The summed E-state index contributed by atoms with van der Waals surface area (Å²) in [5, 5.41) is 0. The first-order valence-electron chi connectivity index (χ1n) is 3.65. The maximum Gasteiger partial charge on any atom is 0.147 e. The van der Waals surface area contributed by atoms with Gasteiger partial charge in [0.25, 0.3) is 0 Å². The van der Waals surface area contributed by atoms with E-state index in [4.69, 9.17) is 0 Å². The molecular formula is C7H14O3S. The number of carbonyl (C=O) groups is 1. The van der Waals surface area contributed by atoms with E-state index in [1.54, 1.807) is 6.92 Å². The monoisotopic (exact) mass is 178 g/mol. The number of hydrogen-bond donors (Lipinski definition) is 0. The van der Waals surface area contributed by atoms with Gasteiger partial charge in [-0.3, -0.25) is 4.79 Å². The fourth-order valence-electron chi connectivity index (χ4n) is 0.708. The van der Waals surface area contributed by atoms with Gasteiger partial charge in [0.05, 0.1) is 5.75 Å². The first-order chi connectivity index (χ1) is 4.95. The van der Waals surface area contributed by atoms with Crippen LogP contribution < -0.4 is 0 Å². The lowest BCUT2D eigenvalue weighted by Gasteiger charge is -1.96. The van der Waals surface area contributed by atoms with Crippen molar-refractivity contribution in [1.29, 1.82) is 0 Å². The minimum absolute atomic E-state index is 0.124. The van der Waals surface area contributed by atoms with Crippen LogP contribution >= 0.6 is 0 Å². The van der Waals surface area contributed by atoms with Crippen molar-refractivity contribution < 1.29 is 13.2 Å². The van der Waals surface area contributed by atoms with Gasteiger partial charge in [-0.2, -0.15) is 0 Å². The van der Waals surface area contributed by atoms with Crippen molar-refractivity contribution >= 4 is 15.6 Å². The van der Waals surface area contributed by atoms with Gasteiger partial charge in [0.2, 0.25) is 0 Å². The van der Waals surface area contributed by atoms with Crippen LogP contribution in [0.3, 0.4) is 0 Å². The third-order valence-corrected chi connectivity index (χ3v) is 2.40. The van der Waals surface area contributed by atoms with Gasteiger partial charge < -0.3 is 0 Å². The number of Topliss-reactive ketones (excluding diaryl/α,β-unsaturated/α-hetero) is 1. The van der Waals surface area contributed by atoms with Gasteiger partial charge in [-0.05, 0) is 6.42 Å². The molecule has 3 nitrogen and oxygen atoms in total. The van der Waals surface area contributed by atoms with Crippen molar-refractivity contribution in [2.24, 2.45) is 0 Å². The summed E-state index contributed by atoms with van der Waals surface area (Å²) in [5.41, 5.74) is 0. The van der Waals surface area contributed by atoms with Gasteiger partial charge >= 0.3 is 0 Å². The number of ketones is 1. The van der Waals surface area contributed by atoms with Crippen LogP contribution in [0.25, 0.3) is 0 Å². The average molecular weight is 178 g/mol. The predicted molar refractivity (Wildman–Crippen MR) is 44.2 cm³/mol. The lowest BCUT2D eigenvalue weighted by molar-refractivity contribution is -0.118. The summed E-state index contributed by atoms with van der Waals surface area (Å²) < 4.78 is 21.2. The Bertz CT molecular complexity index is 216. The van der Waals surface area contributed by atoms with E-state index in [0.29, 0.717) is 19.3 Å². The Kier molecular flexibility index (Phi) is 4.33. The topological polar surface area (TPSA) is 51.2 Å². The van der Waals surface area contributed by atoms with Crippen molar-refractivity contribution in [2.45, 2.75) is 26.2 Å². The zero-order valence-corrected chi connectivity index (χ0v) is 7.78. The van der Waals surface area contributed by atoms with Gasteiger partial charge in [-0.1, -0.05) is 6.92 Å². The van der Waals surface area contributed by atoms with Crippen LogP contribution in [0.4, 0.5) is 0 Å². The molecule has 0 bridgehead atoms. The summed E-state index contributed by atoms with van der Waals surface area (Å²) in [7, 11) is -2.88. The second kappa shape index (κ2) is 4.49. The molecule has 0 amide bonds. The highest BCUT2D eigenvalue weighted by atomic mass is 32.2. The minimum atomic E-state index is -2.88. The summed E-state index contributed by atoms with van der Waals surface area (Å²) in [4.78, 5) is 10.7. The van der Waals surface area contributed by atoms with E-state index in [1.165, 1.54) is 6.26 Å². The predicted octanol–water partition coefficient (Wildman–Crippen LogP) is 0.790. The van der Waals surface area contributed by atoms with Gasteiger partial charge in [-0.15, -0.1) is 0 Å². The van der Waals surface area contributed by atoms with E-state index < -0.39 is 9.84 Å². The molecule has 0 aromatic rings. The van der Waals surface area contributed by atoms with Crippen molar-refractivity contribution in [3.8, 4) is 0 Å². The molecule has 0 fully saturated rings. The summed E-state index contributed by atoms with van der Waals surface area (Å²) in [6, 6.07) is 0. The second-order valence-electron chi connectivity index (χ2n) is 2.63. The largest absolute Gasteiger partial charge is 0.300 e. The molecule has 4 heteroatoms. The van der Waals surface area contributed by atoms with E-state index in [0.717, 1.165) is 0 Å². The average Bonchev–Trinajstić information content (AvgIpc) is 1.85. The molecular weight excluding hydrogens is 164 g/mol. The summed E-state index contributed by atoms with van der Waals surface area (Å²) in [5.74, 6) is 0.257. The van der Waals surface area contributed by atoms with Crippen LogP contribution in [0.1, 0.15) is 26.2 Å². The Balaban J connectivity index is 3.51. The number of rotatable bonds is 5. The lowest BCUT2D eigenvalue weighted by atomic mass is 10.2. The first kappa shape index (κ1) is 10.6. The van der Waals surface area contributed by atoms with Crippen LogP contribution in [-0.2, 0) is 14.6 Å². The molecule has 0 aromatic carbocycles. The molecule has 0 spiro atoms. The molecule has 0 aromatic heterocycles. The summed E-state index contributed by atoms with van der Waals surface area (Å²) in [6.45, 7) is 1.78. The maximum atomic E-state index is 10.7. The highest BCUT2D eigenvalue weighted by Gasteiger charge is 2.03. The van der Waals surface area contributed by atoms with Crippen molar-refractivity contribution in [3.05, 3.63) is 0 Å². The Morgan fingerprint density at radius 2 is 1.91 bits per heavy atom. The second-order valence-corrected chi connectivity index (χ2v) is 4.89. The summed E-state index contributed by atoms with van der Waals surface area (Å²) in [6.07, 6.45) is 2.54. The number of hydrogen-bond acceptors (Lipinski definition) is 3. The molecule has 0 saturated carbocycles. The highest BCUT2D eigenvalue weighted by Crippen LogP contribution is 1.97. The minimum Gasteiger partial charge on any atom is -0.300 e. The Labute approximate surface area is 67.7 Å². The third-order valence-electron chi connectivity index (χ3n) is 1.37. The van der Waals surface area contributed by atoms with Crippen LogP contribution in [0, 0.1) is 0 Å². The molecule has 0 saturated heterocycles. The fraction of sp³-hybridized carbons (Fsp3) is 0.857. The van der Waals surface area contributed by atoms with E-state index in [-0.39, 0.29) is 11.5 Å². The number of carbonyl (C=O) groups excluding carboxylic acids is 1. The normalized spacial score (nSPS) is 11.5. The zero-order chi connectivity index (χ0) is 8.91. The van der Waals surface area contributed by atoms with Crippen LogP contribution in [0.2, 0.25) is 0 Å². The van der Waals surface area contributed by atoms with Crippen molar-refractivity contribution in [3.63, 3.8) is 0 Å². The Morgan fingerprint density at radius 1 is 1.36 bits per heavy atom.